The average molecular weight is 478 g/mol. The standard InChI is InChI=1S/C21H21Cl2N5O2S/c1-12-4-6-14(7-5-12)20(30)24-13(2)19-26-27-21(28(19)3)31-11-18(29)25-17-9-15(22)8-16(23)10-17/h4-10,13H,11H2,1-3H3,(H,24,30)(H,25,29)/t13-/m1/s1. The second-order valence-electron chi connectivity index (χ2n) is 6.96. The van der Waals surface area contributed by atoms with Gasteiger partial charge >= 0.3 is 0 Å². The Kier molecular flexibility index (Phi) is 7.59. The molecule has 0 saturated carbocycles. The topological polar surface area (TPSA) is 88.9 Å². The molecule has 2 aromatic carbocycles. The Bertz CT molecular complexity index is 1080. The Labute approximate surface area is 194 Å². The van der Waals surface area contributed by atoms with Crippen LogP contribution in [0, 0.1) is 6.92 Å². The van der Waals surface area contributed by atoms with Crippen molar-refractivity contribution in [3.63, 3.8) is 0 Å². The van der Waals surface area contributed by atoms with Crippen molar-refractivity contribution in [2.45, 2.75) is 25.0 Å². The molecule has 0 bridgehead atoms. The summed E-state index contributed by atoms with van der Waals surface area (Å²) in [7, 11) is 1.79. The number of amides is 2. The van der Waals surface area contributed by atoms with Gasteiger partial charge in [-0.15, -0.1) is 10.2 Å². The zero-order valence-electron chi connectivity index (χ0n) is 17.1. The van der Waals surface area contributed by atoms with E-state index in [9.17, 15) is 9.59 Å². The Balaban J connectivity index is 1.58. The van der Waals surface area contributed by atoms with E-state index in [2.05, 4.69) is 20.8 Å². The van der Waals surface area contributed by atoms with Crippen LogP contribution in [0.15, 0.2) is 47.6 Å². The van der Waals surface area contributed by atoms with Crippen molar-refractivity contribution >= 4 is 52.5 Å². The number of aromatic nitrogens is 3. The molecule has 0 spiro atoms. The molecule has 7 nitrogen and oxygen atoms in total. The van der Waals surface area contributed by atoms with E-state index in [4.69, 9.17) is 23.2 Å². The number of hydrogen-bond donors (Lipinski definition) is 2. The maximum Gasteiger partial charge on any atom is 0.251 e. The maximum atomic E-state index is 12.4. The van der Waals surface area contributed by atoms with Crippen molar-refractivity contribution in [1.82, 2.24) is 20.1 Å². The molecule has 2 N–H and O–H groups in total. The number of nitrogens with one attached hydrogen (secondary N) is 2. The molecule has 3 rings (SSSR count). The maximum absolute atomic E-state index is 12.4. The summed E-state index contributed by atoms with van der Waals surface area (Å²) in [5.41, 5.74) is 2.18. The van der Waals surface area contributed by atoms with Gasteiger partial charge in [-0.1, -0.05) is 52.7 Å². The number of aryl methyl sites for hydroxylation is 1. The van der Waals surface area contributed by atoms with Crippen LogP contribution < -0.4 is 10.6 Å². The predicted octanol–water partition coefficient (Wildman–Crippen LogP) is 4.65. The smallest absolute Gasteiger partial charge is 0.251 e. The fourth-order valence-corrected chi connectivity index (χ4v) is 4.08. The number of nitrogens with zero attached hydrogens (tertiary/aromatic N) is 3. The van der Waals surface area contributed by atoms with Crippen LogP contribution in [0.3, 0.4) is 0 Å². The lowest BCUT2D eigenvalue weighted by molar-refractivity contribution is -0.113. The molecule has 0 aliphatic rings. The molecule has 0 aliphatic heterocycles. The first-order valence-corrected chi connectivity index (χ1v) is 11.1. The number of benzene rings is 2. The Hall–Kier alpha value is -2.55. The summed E-state index contributed by atoms with van der Waals surface area (Å²) in [5, 5.41) is 15.4. The molecule has 3 aromatic rings. The average Bonchev–Trinajstić information content (AvgIpc) is 3.06. The molecular formula is C21H21Cl2N5O2S. The summed E-state index contributed by atoms with van der Waals surface area (Å²) in [6.45, 7) is 3.80. The van der Waals surface area contributed by atoms with Crippen molar-refractivity contribution in [1.29, 1.82) is 0 Å². The van der Waals surface area contributed by atoms with Crippen LogP contribution in [-0.4, -0.2) is 32.3 Å². The van der Waals surface area contributed by atoms with Crippen molar-refractivity contribution in [2.75, 3.05) is 11.1 Å². The minimum absolute atomic E-state index is 0.125. The van der Waals surface area contributed by atoms with Crippen molar-refractivity contribution < 1.29 is 9.59 Å². The molecular weight excluding hydrogens is 457 g/mol. The lowest BCUT2D eigenvalue weighted by Gasteiger charge is -2.13. The van der Waals surface area contributed by atoms with E-state index in [1.165, 1.54) is 11.8 Å². The van der Waals surface area contributed by atoms with Gasteiger partial charge in [-0.2, -0.15) is 0 Å². The van der Waals surface area contributed by atoms with Crippen LogP contribution in [0.4, 0.5) is 5.69 Å². The Morgan fingerprint density at radius 2 is 1.74 bits per heavy atom. The van der Waals surface area contributed by atoms with Crippen molar-refractivity contribution in [2.24, 2.45) is 7.05 Å². The lowest BCUT2D eigenvalue weighted by atomic mass is 10.1. The third-order valence-electron chi connectivity index (χ3n) is 4.40. The number of rotatable bonds is 7. The van der Waals surface area contributed by atoms with Crippen LogP contribution in [0.2, 0.25) is 10.0 Å². The third-order valence-corrected chi connectivity index (χ3v) is 5.85. The highest BCUT2D eigenvalue weighted by atomic mass is 35.5. The zero-order valence-corrected chi connectivity index (χ0v) is 19.5. The number of carbonyl (C=O) groups is 2. The first kappa shape index (κ1) is 23.1. The number of anilines is 1. The fourth-order valence-electron chi connectivity index (χ4n) is 2.83. The molecule has 1 atom stereocenters. The second kappa shape index (κ2) is 10.2. The van der Waals surface area contributed by atoms with E-state index in [-0.39, 0.29) is 23.6 Å². The molecule has 10 heteroatoms. The summed E-state index contributed by atoms with van der Waals surface area (Å²) < 4.78 is 1.76. The fraction of sp³-hybridized carbons (Fsp3) is 0.238. The van der Waals surface area contributed by atoms with E-state index >= 15 is 0 Å². The summed E-state index contributed by atoms with van der Waals surface area (Å²) >= 11 is 13.1. The molecule has 31 heavy (non-hydrogen) atoms. The molecule has 2 amide bonds. The zero-order chi connectivity index (χ0) is 22.5. The van der Waals surface area contributed by atoms with Crippen LogP contribution in [0.1, 0.15) is 34.7 Å². The number of carbonyl (C=O) groups excluding carboxylic acids is 2. The molecule has 162 valence electrons. The summed E-state index contributed by atoms with van der Waals surface area (Å²) in [6, 6.07) is 11.8. The van der Waals surface area contributed by atoms with Gasteiger partial charge in [0.15, 0.2) is 11.0 Å². The van der Waals surface area contributed by atoms with E-state index in [1.807, 2.05) is 26.0 Å². The van der Waals surface area contributed by atoms with Crippen LogP contribution in [0.25, 0.3) is 0 Å². The van der Waals surface area contributed by atoms with E-state index < -0.39 is 0 Å². The molecule has 1 aromatic heterocycles. The van der Waals surface area contributed by atoms with Gasteiger partial charge in [-0.3, -0.25) is 9.59 Å². The van der Waals surface area contributed by atoms with Crippen LogP contribution in [-0.2, 0) is 11.8 Å². The normalized spacial score (nSPS) is 11.8. The monoisotopic (exact) mass is 477 g/mol. The first-order chi connectivity index (χ1) is 14.7. The Morgan fingerprint density at radius 1 is 1.10 bits per heavy atom. The first-order valence-electron chi connectivity index (χ1n) is 9.38. The highest BCUT2D eigenvalue weighted by Gasteiger charge is 2.19. The van der Waals surface area contributed by atoms with Gasteiger partial charge in [0.1, 0.15) is 0 Å². The largest absolute Gasteiger partial charge is 0.342 e. The van der Waals surface area contributed by atoms with Gasteiger partial charge < -0.3 is 15.2 Å². The van der Waals surface area contributed by atoms with Gasteiger partial charge in [0.25, 0.3) is 5.91 Å². The van der Waals surface area contributed by atoms with E-state index in [0.29, 0.717) is 32.3 Å². The lowest BCUT2D eigenvalue weighted by Crippen LogP contribution is -2.28. The highest BCUT2D eigenvalue weighted by Crippen LogP contribution is 2.23. The molecule has 0 aliphatic carbocycles. The van der Waals surface area contributed by atoms with Crippen LogP contribution in [0.5, 0.6) is 0 Å². The van der Waals surface area contributed by atoms with Crippen molar-refractivity contribution in [3.05, 3.63) is 69.5 Å². The number of hydrogen-bond acceptors (Lipinski definition) is 5. The Morgan fingerprint density at radius 3 is 2.39 bits per heavy atom. The minimum atomic E-state index is -0.358. The van der Waals surface area contributed by atoms with Gasteiger partial charge in [0.2, 0.25) is 5.91 Å². The third kappa shape index (κ3) is 6.22. The van der Waals surface area contributed by atoms with Gasteiger partial charge in [-0.05, 0) is 44.2 Å². The van der Waals surface area contributed by atoms with Crippen LogP contribution >= 0.6 is 35.0 Å². The molecule has 0 saturated heterocycles. The second-order valence-corrected chi connectivity index (χ2v) is 8.77. The number of thioether (sulfide) groups is 1. The van der Waals surface area contributed by atoms with Gasteiger partial charge in [0, 0.05) is 28.3 Å². The minimum Gasteiger partial charge on any atom is -0.342 e. The predicted molar refractivity (Wildman–Crippen MR) is 124 cm³/mol. The molecule has 0 unspecified atom stereocenters. The van der Waals surface area contributed by atoms with E-state index in [0.717, 1.165) is 5.56 Å². The quantitative estimate of drug-likeness (QED) is 0.483. The summed E-state index contributed by atoms with van der Waals surface area (Å²) in [4.78, 5) is 24.7. The van der Waals surface area contributed by atoms with Crippen molar-refractivity contribution in [3.8, 4) is 0 Å². The molecule has 0 radical (unpaired) electrons. The molecule has 0 fully saturated rings. The summed E-state index contributed by atoms with van der Waals surface area (Å²) in [6.07, 6.45) is 0. The SMILES string of the molecule is Cc1ccc(C(=O)N[C@H](C)c2nnc(SCC(=O)Nc3cc(Cl)cc(Cl)c3)n2C)cc1. The van der Waals surface area contributed by atoms with E-state index in [1.54, 1.807) is 41.9 Å². The number of halogens is 2. The van der Waals surface area contributed by atoms with Gasteiger partial charge in [0.05, 0.1) is 11.8 Å². The summed E-state index contributed by atoms with van der Waals surface area (Å²) in [5.74, 6) is 0.295. The highest BCUT2D eigenvalue weighted by molar-refractivity contribution is 7.99. The molecule has 1 heterocycles. The van der Waals surface area contributed by atoms with Gasteiger partial charge in [-0.25, -0.2) is 0 Å².